The summed E-state index contributed by atoms with van der Waals surface area (Å²) in [7, 11) is 0. The molecule has 1 saturated carbocycles. The molecule has 42 heavy (non-hydrogen) atoms. The van der Waals surface area contributed by atoms with Crippen LogP contribution in [0.25, 0.3) is 0 Å². The minimum Gasteiger partial charge on any atom is -0.481 e. The summed E-state index contributed by atoms with van der Waals surface area (Å²) in [4.78, 5) is 36.9. The highest BCUT2D eigenvalue weighted by Gasteiger charge is 2.40. The third-order valence-electron chi connectivity index (χ3n) is 7.10. The molecule has 0 aliphatic heterocycles. The molecule has 12 nitrogen and oxygen atoms in total. The van der Waals surface area contributed by atoms with Crippen molar-refractivity contribution in [1.29, 1.82) is 0 Å². The molecule has 0 spiro atoms. The molecule has 0 amide bonds. The number of hydrogen-bond donors (Lipinski definition) is 4. The van der Waals surface area contributed by atoms with Crippen LogP contribution in [0.2, 0.25) is 0 Å². The lowest BCUT2D eigenvalue weighted by Gasteiger charge is -2.23. The molecule has 4 N–H and O–H groups in total. The van der Waals surface area contributed by atoms with E-state index in [1.165, 1.54) is 37.7 Å². The van der Waals surface area contributed by atoms with Gasteiger partial charge in [-0.05, 0) is 25.3 Å². The van der Waals surface area contributed by atoms with E-state index in [0.717, 1.165) is 31.6 Å². The summed E-state index contributed by atoms with van der Waals surface area (Å²) in [6.45, 7) is 3.19. The van der Waals surface area contributed by atoms with Crippen molar-refractivity contribution in [3.05, 3.63) is 72.3 Å². The zero-order valence-corrected chi connectivity index (χ0v) is 23.4. The summed E-state index contributed by atoms with van der Waals surface area (Å²) in [6, 6.07) is 7.61. The van der Waals surface area contributed by atoms with Gasteiger partial charge in [-0.3, -0.25) is 19.2 Å². The third kappa shape index (κ3) is 10.4. The second kappa shape index (κ2) is 15.8. The quantitative estimate of drug-likeness (QED) is 0.219. The number of aliphatic hydroxyl groups is 1. The van der Waals surface area contributed by atoms with E-state index in [2.05, 4.69) is 30.4 Å². The van der Waals surface area contributed by atoms with Crippen LogP contribution in [0.5, 0.6) is 0 Å². The number of aliphatic carboxylic acids is 3. The molecule has 2 aromatic heterocycles. The van der Waals surface area contributed by atoms with Gasteiger partial charge in [-0.1, -0.05) is 37.5 Å². The highest BCUT2D eigenvalue weighted by atomic mass is 19.1. The van der Waals surface area contributed by atoms with Crippen LogP contribution in [0, 0.1) is 5.82 Å². The average molecular weight is 588 g/mol. The SMILES string of the molecule is Fc1ccccc1CN(CCCn1ccnc1)Cc1cnn(C2CCCCC2)c1.O=C(O)CC(O)(CC(=O)O)C(=O)O. The number of carbonyl (C=O) groups is 3. The Kier molecular flexibility index (Phi) is 12.2. The van der Waals surface area contributed by atoms with Gasteiger partial charge in [0.05, 0.1) is 31.4 Å². The minimum absolute atomic E-state index is 0.134. The van der Waals surface area contributed by atoms with E-state index in [1.54, 1.807) is 18.3 Å². The Morgan fingerprint density at radius 3 is 2.31 bits per heavy atom. The van der Waals surface area contributed by atoms with Gasteiger partial charge >= 0.3 is 17.9 Å². The molecule has 1 fully saturated rings. The maximum atomic E-state index is 14.2. The lowest BCUT2D eigenvalue weighted by atomic mass is 9.96. The normalized spacial score (nSPS) is 13.9. The van der Waals surface area contributed by atoms with Crippen LogP contribution in [0.3, 0.4) is 0 Å². The number of aryl methyl sites for hydroxylation is 1. The smallest absolute Gasteiger partial charge is 0.336 e. The number of aromatic nitrogens is 4. The molecule has 0 atom stereocenters. The zero-order chi connectivity index (χ0) is 30.5. The van der Waals surface area contributed by atoms with Gasteiger partial charge in [0.25, 0.3) is 0 Å². The van der Waals surface area contributed by atoms with Gasteiger partial charge in [0, 0.05) is 55.9 Å². The van der Waals surface area contributed by atoms with E-state index in [-0.39, 0.29) is 5.82 Å². The lowest BCUT2D eigenvalue weighted by Crippen LogP contribution is -2.42. The predicted molar refractivity (Wildman–Crippen MR) is 149 cm³/mol. The van der Waals surface area contributed by atoms with Gasteiger partial charge < -0.3 is 25.0 Å². The molecule has 0 unspecified atom stereocenters. The predicted octanol–water partition coefficient (Wildman–Crippen LogP) is 3.57. The van der Waals surface area contributed by atoms with Gasteiger partial charge in [-0.2, -0.15) is 5.10 Å². The highest BCUT2D eigenvalue weighted by molar-refractivity contribution is 5.88. The average Bonchev–Trinajstić information content (AvgIpc) is 3.62. The number of rotatable bonds is 14. The largest absolute Gasteiger partial charge is 0.481 e. The first-order valence-electron chi connectivity index (χ1n) is 13.9. The molecule has 4 rings (SSSR count). The molecule has 3 aromatic rings. The minimum atomic E-state index is -2.74. The molecular weight excluding hydrogens is 549 g/mol. The Morgan fingerprint density at radius 2 is 1.71 bits per heavy atom. The summed E-state index contributed by atoms with van der Waals surface area (Å²) in [5, 5.41) is 38.5. The topological polar surface area (TPSA) is 171 Å². The Labute approximate surface area is 243 Å². The second-order valence-corrected chi connectivity index (χ2v) is 10.6. The first kappa shape index (κ1) is 32.4. The van der Waals surface area contributed by atoms with Crippen molar-refractivity contribution < 1.29 is 39.2 Å². The summed E-state index contributed by atoms with van der Waals surface area (Å²) < 4.78 is 18.5. The number of carboxylic acid groups (broad SMARTS) is 3. The number of halogens is 1. The van der Waals surface area contributed by atoms with Crippen molar-refractivity contribution >= 4 is 17.9 Å². The van der Waals surface area contributed by atoms with Crippen LogP contribution in [0.4, 0.5) is 4.39 Å². The van der Waals surface area contributed by atoms with Gasteiger partial charge in [0.15, 0.2) is 5.60 Å². The third-order valence-corrected chi connectivity index (χ3v) is 7.10. The van der Waals surface area contributed by atoms with Gasteiger partial charge in [0.2, 0.25) is 0 Å². The summed E-state index contributed by atoms with van der Waals surface area (Å²) in [5.74, 6) is -5.15. The standard InChI is InChI=1S/C23H30FN5.C6H8O7/c24-23-10-5-4-7-21(23)18-28(13-6-12-27-14-11-25-19-27)16-20-15-26-29(17-20)22-8-2-1-3-9-22;7-3(8)1-6(13,5(11)12)2-4(9)10/h4-5,7,10-11,14-15,17,19,22H,1-3,6,8-9,12-13,16,18H2;13H,1-2H2,(H,7,8)(H,9,10)(H,11,12). The molecule has 2 heterocycles. The Hall–Kier alpha value is -4.10. The Morgan fingerprint density at radius 1 is 1.02 bits per heavy atom. The van der Waals surface area contributed by atoms with Crippen LogP contribution < -0.4 is 0 Å². The van der Waals surface area contributed by atoms with Crippen LogP contribution in [-0.4, -0.2) is 74.7 Å². The van der Waals surface area contributed by atoms with Crippen molar-refractivity contribution in [2.45, 2.75) is 82.6 Å². The van der Waals surface area contributed by atoms with Gasteiger partial charge in [-0.15, -0.1) is 0 Å². The zero-order valence-electron chi connectivity index (χ0n) is 23.4. The maximum absolute atomic E-state index is 14.2. The molecule has 0 saturated heterocycles. The first-order chi connectivity index (χ1) is 20.1. The van der Waals surface area contributed by atoms with Crippen LogP contribution >= 0.6 is 0 Å². The van der Waals surface area contributed by atoms with Crippen molar-refractivity contribution in [3.63, 3.8) is 0 Å². The molecule has 1 aromatic carbocycles. The molecule has 1 aliphatic carbocycles. The summed E-state index contributed by atoms with van der Waals surface area (Å²) >= 11 is 0. The van der Waals surface area contributed by atoms with Crippen molar-refractivity contribution in [3.8, 4) is 0 Å². The molecule has 228 valence electrons. The molecule has 0 bridgehead atoms. The number of carboxylic acids is 3. The molecule has 1 aliphatic rings. The number of imidazole rings is 1. The molecule has 0 radical (unpaired) electrons. The second-order valence-electron chi connectivity index (χ2n) is 10.6. The van der Waals surface area contributed by atoms with Crippen molar-refractivity contribution in [2.24, 2.45) is 0 Å². The Bertz CT molecular complexity index is 1280. The van der Waals surface area contributed by atoms with E-state index in [4.69, 9.17) is 20.4 Å². The number of nitrogens with zero attached hydrogens (tertiary/aromatic N) is 5. The first-order valence-corrected chi connectivity index (χ1v) is 13.9. The fourth-order valence-electron chi connectivity index (χ4n) is 4.95. The fraction of sp³-hybridized carbons (Fsp3) is 0.483. The van der Waals surface area contributed by atoms with Crippen LogP contribution in [-0.2, 0) is 34.0 Å². The summed E-state index contributed by atoms with van der Waals surface area (Å²) in [5.41, 5.74) is -0.790. The van der Waals surface area contributed by atoms with Crippen molar-refractivity contribution in [1.82, 2.24) is 24.2 Å². The highest BCUT2D eigenvalue weighted by Crippen LogP contribution is 2.27. The molecular formula is C29H38FN5O7. The monoisotopic (exact) mass is 587 g/mol. The van der Waals surface area contributed by atoms with E-state index in [9.17, 15) is 18.8 Å². The number of benzene rings is 1. The van der Waals surface area contributed by atoms with Crippen LogP contribution in [0.1, 0.15) is 68.5 Å². The van der Waals surface area contributed by atoms with Gasteiger partial charge in [-0.25, -0.2) is 14.2 Å². The van der Waals surface area contributed by atoms with Gasteiger partial charge in [0.1, 0.15) is 5.82 Å². The molecule has 13 heteroatoms. The lowest BCUT2D eigenvalue weighted by molar-refractivity contribution is -0.170. The van der Waals surface area contributed by atoms with E-state index in [0.29, 0.717) is 12.6 Å². The van der Waals surface area contributed by atoms with Crippen LogP contribution in [0.15, 0.2) is 55.4 Å². The Balaban J connectivity index is 0.000000316. The van der Waals surface area contributed by atoms with E-state index in [1.807, 2.05) is 30.9 Å². The number of hydrogen-bond acceptors (Lipinski definition) is 7. The van der Waals surface area contributed by atoms with E-state index >= 15 is 0 Å². The fourth-order valence-corrected chi connectivity index (χ4v) is 4.95. The summed E-state index contributed by atoms with van der Waals surface area (Å²) in [6.07, 6.45) is 14.9. The van der Waals surface area contributed by atoms with E-state index < -0.39 is 36.4 Å². The maximum Gasteiger partial charge on any atom is 0.336 e. The van der Waals surface area contributed by atoms with Crippen molar-refractivity contribution in [2.75, 3.05) is 6.54 Å².